The first-order valence-electron chi connectivity index (χ1n) is 12.1. The van der Waals surface area contributed by atoms with Gasteiger partial charge in [-0.15, -0.1) is 0 Å². The quantitative estimate of drug-likeness (QED) is 0.626. The molecule has 2 fully saturated rings. The SMILES string of the molecule is Cc1ccc(NC(=O)C2CCN(c3nc4ccccc4n3CCN3CCOCC3)CC2)cc1. The maximum atomic E-state index is 12.8. The first-order valence-corrected chi connectivity index (χ1v) is 12.1. The van der Waals surface area contributed by atoms with Crippen molar-refractivity contribution in [2.24, 2.45) is 5.92 Å². The zero-order valence-electron chi connectivity index (χ0n) is 19.4. The summed E-state index contributed by atoms with van der Waals surface area (Å²) in [4.78, 5) is 22.6. The number of carbonyl (C=O) groups excluding carboxylic acids is 1. The van der Waals surface area contributed by atoms with Crippen molar-refractivity contribution in [3.63, 3.8) is 0 Å². The number of rotatable bonds is 6. The van der Waals surface area contributed by atoms with Crippen molar-refractivity contribution in [1.82, 2.24) is 14.5 Å². The van der Waals surface area contributed by atoms with E-state index in [0.717, 1.165) is 82.5 Å². The molecule has 0 radical (unpaired) electrons. The molecule has 0 unspecified atom stereocenters. The van der Waals surface area contributed by atoms with Crippen LogP contribution in [0, 0.1) is 12.8 Å². The highest BCUT2D eigenvalue weighted by Gasteiger charge is 2.28. The molecule has 174 valence electrons. The molecule has 2 aliphatic heterocycles. The molecule has 1 amide bonds. The molecule has 3 aromatic rings. The first-order chi connectivity index (χ1) is 16.2. The van der Waals surface area contributed by atoms with E-state index in [9.17, 15) is 4.79 Å². The van der Waals surface area contributed by atoms with Gasteiger partial charge in [-0.05, 0) is 44.0 Å². The van der Waals surface area contributed by atoms with E-state index < -0.39 is 0 Å². The number of aryl methyl sites for hydroxylation is 1. The van der Waals surface area contributed by atoms with Crippen molar-refractivity contribution in [3.8, 4) is 0 Å². The van der Waals surface area contributed by atoms with Crippen LogP contribution in [-0.2, 0) is 16.1 Å². The number of benzene rings is 2. The average molecular weight is 448 g/mol. The van der Waals surface area contributed by atoms with Crippen molar-refractivity contribution in [1.29, 1.82) is 0 Å². The molecule has 2 saturated heterocycles. The largest absolute Gasteiger partial charge is 0.379 e. The highest BCUT2D eigenvalue weighted by atomic mass is 16.5. The zero-order chi connectivity index (χ0) is 22.6. The Kier molecular flexibility index (Phi) is 6.60. The Labute approximate surface area is 195 Å². The van der Waals surface area contributed by atoms with Gasteiger partial charge in [-0.3, -0.25) is 9.69 Å². The number of imidazole rings is 1. The molecule has 5 rings (SSSR count). The number of morpholine rings is 1. The fourth-order valence-corrected chi connectivity index (χ4v) is 4.81. The van der Waals surface area contributed by atoms with E-state index >= 15 is 0 Å². The molecule has 1 N–H and O–H groups in total. The predicted octanol–water partition coefficient (Wildman–Crippen LogP) is 3.53. The summed E-state index contributed by atoms with van der Waals surface area (Å²) in [5.74, 6) is 1.19. The van der Waals surface area contributed by atoms with E-state index in [1.807, 2.05) is 30.3 Å². The number of hydrogen-bond donors (Lipinski definition) is 1. The second kappa shape index (κ2) is 9.93. The third-order valence-corrected chi connectivity index (χ3v) is 6.85. The van der Waals surface area contributed by atoms with E-state index in [0.29, 0.717) is 0 Å². The smallest absolute Gasteiger partial charge is 0.227 e. The van der Waals surface area contributed by atoms with Crippen LogP contribution in [0.1, 0.15) is 18.4 Å². The maximum Gasteiger partial charge on any atom is 0.227 e. The van der Waals surface area contributed by atoms with Crippen LogP contribution in [0.5, 0.6) is 0 Å². The molecular weight excluding hydrogens is 414 g/mol. The van der Waals surface area contributed by atoms with Gasteiger partial charge >= 0.3 is 0 Å². The third kappa shape index (κ3) is 5.04. The van der Waals surface area contributed by atoms with E-state index in [1.165, 1.54) is 11.1 Å². The second-order valence-corrected chi connectivity index (χ2v) is 9.12. The van der Waals surface area contributed by atoms with Gasteiger partial charge in [-0.2, -0.15) is 0 Å². The summed E-state index contributed by atoms with van der Waals surface area (Å²) in [7, 11) is 0. The molecule has 0 saturated carbocycles. The summed E-state index contributed by atoms with van der Waals surface area (Å²) in [5, 5.41) is 3.09. The Morgan fingerprint density at radius 3 is 2.48 bits per heavy atom. The second-order valence-electron chi connectivity index (χ2n) is 9.12. The molecule has 0 bridgehead atoms. The summed E-state index contributed by atoms with van der Waals surface area (Å²) in [6, 6.07) is 16.4. The lowest BCUT2D eigenvalue weighted by atomic mass is 9.96. The van der Waals surface area contributed by atoms with Gasteiger partial charge in [0.05, 0.1) is 24.2 Å². The average Bonchev–Trinajstić information content (AvgIpc) is 3.23. The van der Waals surface area contributed by atoms with Crippen LogP contribution in [0.4, 0.5) is 11.6 Å². The number of carbonyl (C=O) groups is 1. The Morgan fingerprint density at radius 2 is 1.73 bits per heavy atom. The topological polar surface area (TPSA) is 62.6 Å². The molecule has 7 nitrogen and oxygen atoms in total. The van der Waals surface area contributed by atoms with Crippen LogP contribution in [0.15, 0.2) is 48.5 Å². The van der Waals surface area contributed by atoms with E-state index in [-0.39, 0.29) is 11.8 Å². The fraction of sp³-hybridized carbons (Fsp3) is 0.462. The van der Waals surface area contributed by atoms with Crippen LogP contribution < -0.4 is 10.2 Å². The highest BCUT2D eigenvalue weighted by Crippen LogP contribution is 2.28. The number of anilines is 2. The zero-order valence-corrected chi connectivity index (χ0v) is 19.4. The number of piperidine rings is 1. The maximum absolute atomic E-state index is 12.8. The summed E-state index contributed by atoms with van der Waals surface area (Å²) in [5.41, 5.74) is 4.28. The Bertz CT molecular complexity index is 1080. The van der Waals surface area contributed by atoms with Crippen molar-refractivity contribution in [2.45, 2.75) is 26.3 Å². The van der Waals surface area contributed by atoms with Gasteiger partial charge < -0.3 is 19.5 Å². The van der Waals surface area contributed by atoms with E-state index in [4.69, 9.17) is 9.72 Å². The highest BCUT2D eigenvalue weighted by molar-refractivity contribution is 5.92. The lowest BCUT2D eigenvalue weighted by Crippen LogP contribution is -2.40. The Hall–Kier alpha value is -2.90. The number of aromatic nitrogens is 2. The monoisotopic (exact) mass is 447 g/mol. The fourth-order valence-electron chi connectivity index (χ4n) is 4.81. The number of para-hydroxylation sites is 2. The van der Waals surface area contributed by atoms with Crippen molar-refractivity contribution in [2.75, 3.05) is 56.2 Å². The van der Waals surface area contributed by atoms with Crippen molar-refractivity contribution < 1.29 is 9.53 Å². The van der Waals surface area contributed by atoms with Crippen LogP contribution >= 0.6 is 0 Å². The van der Waals surface area contributed by atoms with Crippen molar-refractivity contribution >= 4 is 28.6 Å². The van der Waals surface area contributed by atoms with E-state index in [2.05, 4.69) is 44.8 Å². The Morgan fingerprint density at radius 1 is 1.00 bits per heavy atom. The summed E-state index contributed by atoms with van der Waals surface area (Å²) in [6.07, 6.45) is 1.68. The van der Waals surface area contributed by atoms with Gasteiger partial charge in [-0.1, -0.05) is 29.8 Å². The van der Waals surface area contributed by atoms with Gasteiger partial charge in [0, 0.05) is 50.9 Å². The van der Waals surface area contributed by atoms with Crippen LogP contribution in [0.2, 0.25) is 0 Å². The molecule has 0 atom stereocenters. The lowest BCUT2D eigenvalue weighted by molar-refractivity contribution is -0.120. The van der Waals surface area contributed by atoms with E-state index in [1.54, 1.807) is 0 Å². The third-order valence-electron chi connectivity index (χ3n) is 6.85. The summed E-state index contributed by atoms with van der Waals surface area (Å²) >= 11 is 0. The number of nitrogens with one attached hydrogen (secondary N) is 1. The number of fused-ring (bicyclic) bond motifs is 1. The summed E-state index contributed by atoms with van der Waals surface area (Å²) in [6.45, 7) is 9.24. The molecule has 2 aromatic carbocycles. The van der Waals surface area contributed by atoms with Gasteiger partial charge in [0.2, 0.25) is 11.9 Å². The molecule has 3 heterocycles. The van der Waals surface area contributed by atoms with Crippen LogP contribution in [0.25, 0.3) is 11.0 Å². The molecule has 1 aromatic heterocycles. The number of amides is 1. The molecule has 2 aliphatic rings. The molecular formula is C26H33N5O2. The van der Waals surface area contributed by atoms with Gasteiger partial charge in [0.15, 0.2) is 0 Å². The minimum absolute atomic E-state index is 0.0359. The molecule has 7 heteroatoms. The number of hydrogen-bond acceptors (Lipinski definition) is 5. The number of nitrogens with zero attached hydrogens (tertiary/aromatic N) is 4. The van der Waals surface area contributed by atoms with Gasteiger partial charge in [0.1, 0.15) is 0 Å². The van der Waals surface area contributed by atoms with Crippen LogP contribution in [0.3, 0.4) is 0 Å². The predicted molar refractivity (Wildman–Crippen MR) is 132 cm³/mol. The standard InChI is InChI=1S/C26H33N5O2/c1-20-6-8-22(9-7-20)27-25(32)21-10-12-30(13-11-21)26-28-23-4-2-3-5-24(23)31(26)15-14-29-16-18-33-19-17-29/h2-9,21H,10-19H2,1H3,(H,27,32). The molecule has 33 heavy (non-hydrogen) atoms. The molecule has 0 aliphatic carbocycles. The van der Waals surface area contributed by atoms with Crippen LogP contribution in [-0.4, -0.2) is 66.3 Å². The first kappa shape index (κ1) is 21.9. The van der Waals surface area contributed by atoms with Crippen molar-refractivity contribution in [3.05, 3.63) is 54.1 Å². The lowest BCUT2D eigenvalue weighted by Gasteiger charge is -2.33. The normalized spacial score (nSPS) is 18.0. The molecule has 0 spiro atoms. The minimum Gasteiger partial charge on any atom is -0.379 e. The minimum atomic E-state index is 0.0359. The summed E-state index contributed by atoms with van der Waals surface area (Å²) < 4.78 is 7.85. The Balaban J connectivity index is 1.25. The van der Waals surface area contributed by atoms with Gasteiger partial charge in [-0.25, -0.2) is 4.98 Å². The van der Waals surface area contributed by atoms with Gasteiger partial charge in [0.25, 0.3) is 0 Å². The number of ether oxygens (including phenoxy) is 1.